The van der Waals surface area contributed by atoms with Gasteiger partial charge in [0.25, 0.3) is 0 Å². The van der Waals surface area contributed by atoms with E-state index >= 15 is 0 Å². The highest BCUT2D eigenvalue weighted by Gasteiger charge is 2.15. The summed E-state index contributed by atoms with van der Waals surface area (Å²) < 4.78 is 5.31. The van der Waals surface area contributed by atoms with Gasteiger partial charge in [-0.1, -0.05) is 48.5 Å². The first-order chi connectivity index (χ1) is 8.85. The molecule has 0 aliphatic carbocycles. The minimum Gasteiger partial charge on any atom is -0.496 e. The number of benzene rings is 2. The first kappa shape index (κ1) is 12.2. The lowest BCUT2D eigenvalue weighted by Crippen LogP contribution is -2.02. The van der Waals surface area contributed by atoms with Crippen LogP contribution >= 0.6 is 0 Å². The van der Waals surface area contributed by atoms with Crippen LogP contribution in [-0.2, 0) is 6.42 Å². The van der Waals surface area contributed by atoms with E-state index in [4.69, 9.17) is 4.74 Å². The Hall–Kier alpha value is -2.27. The molecule has 2 rings (SSSR count). The van der Waals surface area contributed by atoms with Gasteiger partial charge in [-0.2, -0.15) is 5.26 Å². The molecule has 0 spiro atoms. The van der Waals surface area contributed by atoms with E-state index < -0.39 is 0 Å². The molecule has 2 nitrogen and oxygen atoms in total. The third-order valence-electron chi connectivity index (χ3n) is 2.95. The van der Waals surface area contributed by atoms with Gasteiger partial charge in [0.2, 0.25) is 0 Å². The molecule has 90 valence electrons. The SMILES string of the molecule is COc1ccccc1C(C#N)Cc1ccccc1. The van der Waals surface area contributed by atoms with E-state index in [1.54, 1.807) is 7.11 Å². The fourth-order valence-electron chi connectivity index (χ4n) is 2.03. The second-order valence-electron chi connectivity index (χ2n) is 4.11. The molecule has 0 saturated heterocycles. The Labute approximate surface area is 107 Å². The zero-order valence-corrected chi connectivity index (χ0v) is 10.3. The van der Waals surface area contributed by atoms with Gasteiger partial charge in [-0.3, -0.25) is 0 Å². The van der Waals surface area contributed by atoms with E-state index in [0.717, 1.165) is 16.9 Å². The topological polar surface area (TPSA) is 33.0 Å². The lowest BCUT2D eigenvalue weighted by atomic mass is 9.92. The van der Waals surface area contributed by atoms with Crippen molar-refractivity contribution >= 4 is 0 Å². The molecule has 0 bridgehead atoms. The molecule has 2 aromatic carbocycles. The molecule has 2 aromatic rings. The molecule has 0 radical (unpaired) electrons. The molecule has 0 amide bonds. The molecular formula is C16H15NO. The Morgan fingerprint density at radius 1 is 1.06 bits per heavy atom. The van der Waals surface area contributed by atoms with Crippen molar-refractivity contribution < 1.29 is 4.74 Å². The second-order valence-corrected chi connectivity index (χ2v) is 4.11. The van der Waals surface area contributed by atoms with E-state index in [2.05, 4.69) is 6.07 Å². The Morgan fingerprint density at radius 2 is 1.72 bits per heavy atom. The minimum absolute atomic E-state index is 0.177. The largest absolute Gasteiger partial charge is 0.496 e. The molecular weight excluding hydrogens is 222 g/mol. The summed E-state index contributed by atoms with van der Waals surface area (Å²) in [6.07, 6.45) is 0.706. The van der Waals surface area contributed by atoms with E-state index in [9.17, 15) is 5.26 Å². The summed E-state index contributed by atoms with van der Waals surface area (Å²) in [6.45, 7) is 0. The Bertz CT molecular complexity index is 543. The molecule has 0 N–H and O–H groups in total. The third-order valence-corrected chi connectivity index (χ3v) is 2.95. The quantitative estimate of drug-likeness (QED) is 0.814. The van der Waals surface area contributed by atoms with E-state index in [1.165, 1.54) is 0 Å². The highest BCUT2D eigenvalue weighted by atomic mass is 16.5. The number of hydrogen-bond donors (Lipinski definition) is 0. The van der Waals surface area contributed by atoms with Gasteiger partial charge in [0, 0.05) is 5.56 Å². The Balaban J connectivity index is 2.27. The molecule has 0 aliphatic heterocycles. The summed E-state index contributed by atoms with van der Waals surface area (Å²) in [5, 5.41) is 9.36. The number of para-hydroxylation sites is 1. The van der Waals surface area contributed by atoms with Gasteiger partial charge in [0.1, 0.15) is 5.75 Å². The monoisotopic (exact) mass is 237 g/mol. The van der Waals surface area contributed by atoms with Crippen molar-refractivity contribution in [3.05, 3.63) is 65.7 Å². The molecule has 0 aliphatic rings. The van der Waals surface area contributed by atoms with E-state index in [-0.39, 0.29) is 5.92 Å². The lowest BCUT2D eigenvalue weighted by Gasteiger charge is -2.13. The summed E-state index contributed by atoms with van der Waals surface area (Å²) in [4.78, 5) is 0. The Morgan fingerprint density at radius 3 is 2.39 bits per heavy atom. The predicted molar refractivity (Wildman–Crippen MR) is 71.5 cm³/mol. The van der Waals surface area contributed by atoms with Gasteiger partial charge < -0.3 is 4.74 Å². The summed E-state index contributed by atoms with van der Waals surface area (Å²) in [7, 11) is 1.63. The summed E-state index contributed by atoms with van der Waals surface area (Å²) in [5.41, 5.74) is 2.11. The number of nitrogens with zero attached hydrogens (tertiary/aromatic N) is 1. The molecule has 2 heteroatoms. The van der Waals surface area contributed by atoms with Crippen LogP contribution in [0.2, 0.25) is 0 Å². The zero-order valence-electron chi connectivity index (χ0n) is 10.3. The second kappa shape index (κ2) is 5.88. The van der Waals surface area contributed by atoms with Gasteiger partial charge >= 0.3 is 0 Å². The number of ether oxygens (including phenoxy) is 1. The van der Waals surface area contributed by atoms with Crippen molar-refractivity contribution in [1.29, 1.82) is 5.26 Å². The average molecular weight is 237 g/mol. The van der Waals surface area contributed by atoms with Crippen LogP contribution in [0.1, 0.15) is 17.0 Å². The number of methoxy groups -OCH3 is 1. The maximum Gasteiger partial charge on any atom is 0.123 e. The number of rotatable bonds is 4. The number of hydrogen-bond acceptors (Lipinski definition) is 2. The van der Waals surface area contributed by atoms with Crippen molar-refractivity contribution in [3.8, 4) is 11.8 Å². The van der Waals surface area contributed by atoms with Crippen molar-refractivity contribution in [2.24, 2.45) is 0 Å². The van der Waals surface area contributed by atoms with Crippen LogP contribution < -0.4 is 4.74 Å². The predicted octanol–water partition coefficient (Wildman–Crippen LogP) is 3.55. The lowest BCUT2D eigenvalue weighted by molar-refractivity contribution is 0.408. The summed E-state index contributed by atoms with van der Waals surface area (Å²) in [6, 6.07) is 20.1. The molecule has 1 unspecified atom stereocenters. The van der Waals surface area contributed by atoms with Crippen LogP contribution in [0.15, 0.2) is 54.6 Å². The van der Waals surface area contributed by atoms with E-state index in [1.807, 2.05) is 54.6 Å². The average Bonchev–Trinajstić information content (AvgIpc) is 2.46. The first-order valence-electron chi connectivity index (χ1n) is 5.91. The molecule has 0 heterocycles. The van der Waals surface area contributed by atoms with Crippen molar-refractivity contribution in [1.82, 2.24) is 0 Å². The molecule has 0 aromatic heterocycles. The standard InChI is InChI=1S/C16H15NO/c1-18-16-10-6-5-9-15(16)14(12-17)11-13-7-3-2-4-8-13/h2-10,14H,11H2,1H3. The van der Waals surface area contributed by atoms with Crippen LogP contribution in [-0.4, -0.2) is 7.11 Å². The van der Waals surface area contributed by atoms with Crippen molar-refractivity contribution in [2.45, 2.75) is 12.3 Å². The molecule has 18 heavy (non-hydrogen) atoms. The normalized spacial score (nSPS) is 11.6. The summed E-state index contributed by atoms with van der Waals surface area (Å²) >= 11 is 0. The van der Waals surface area contributed by atoms with Crippen molar-refractivity contribution in [3.63, 3.8) is 0 Å². The third kappa shape index (κ3) is 2.70. The van der Waals surface area contributed by atoms with Crippen molar-refractivity contribution in [2.75, 3.05) is 7.11 Å². The van der Waals surface area contributed by atoms with E-state index in [0.29, 0.717) is 6.42 Å². The molecule has 0 saturated carbocycles. The highest BCUT2D eigenvalue weighted by molar-refractivity contribution is 5.40. The zero-order chi connectivity index (χ0) is 12.8. The fourth-order valence-corrected chi connectivity index (χ4v) is 2.03. The van der Waals surface area contributed by atoms with Crippen LogP contribution in [0.5, 0.6) is 5.75 Å². The van der Waals surface area contributed by atoms with Gasteiger partial charge in [0.05, 0.1) is 19.1 Å². The maximum absolute atomic E-state index is 9.36. The minimum atomic E-state index is -0.177. The number of nitriles is 1. The maximum atomic E-state index is 9.36. The van der Waals surface area contributed by atoms with Crippen LogP contribution in [0.4, 0.5) is 0 Å². The highest BCUT2D eigenvalue weighted by Crippen LogP contribution is 2.28. The van der Waals surface area contributed by atoms with Gasteiger partial charge in [-0.15, -0.1) is 0 Å². The van der Waals surface area contributed by atoms with Gasteiger partial charge in [0.15, 0.2) is 0 Å². The fraction of sp³-hybridized carbons (Fsp3) is 0.188. The first-order valence-corrected chi connectivity index (χ1v) is 5.91. The van der Waals surface area contributed by atoms with Crippen LogP contribution in [0.25, 0.3) is 0 Å². The molecule has 0 fully saturated rings. The van der Waals surface area contributed by atoms with Gasteiger partial charge in [-0.05, 0) is 18.1 Å². The smallest absolute Gasteiger partial charge is 0.123 e. The molecule has 1 atom stereocenters. The Kier molecular flexibility index (Phi) is 3.98. The van der Waals surface area contributed by atoms with Crippen LogP contribution in [0, 0.1) is 11.3 Å². The van der Waals surface area contributed by atoms with Crippen LogP contribution in [0.3, 0.4) is 0 Å². The van der Waals surface area contributed by atoms with Gasteiger partial charge in [-0.25, -0.2) is 0 Å². The summed E-state index contributed by atoms with van der Waals surface area (Å²) in [5.74, 6) is 0.600.